The van der Waals surface area contributed by atoms with Crippen molar-refractivity contribution in [1.82, 2.24) is 14.3 Å². The van der Waals surface area contributed by atoms with Gasteiger partial charge in [-0.15, -0.1) is 0 Å². The van der Waals surface area contributed by atoms with E-state index < -0.39 is 22.7 Å². The summed E-state index contributed by atoms with van der Waals surface area (Å²) in [6.45, 7) is 1.44. The highest BCUT2D eigenvalue weighted by Gasteiger charge is 2.37. The lowest BCUT2D eigenvalue weighted by Crippen LogP contribution is -2.39. The third kappa shape index (κ3) is 3.70. The molecule has 0 atom stereocenters. The Morgan fingerprint density at radius 1 is 1.44 bits per heavy atom. The van der Waals surface area contributed by atoms with Crippen molar-refractivity contribution in [3.8, 4) is 0 Å². The van der Waals surface area contributed by atoms with Crippen LogP contribution in [0.5, 0.6) is 0 Å². The Bertz CT molecular complexity index is 495. The van der Waals surface area contributed by atoms with Gasteiger partial charge in [-0.1, -0.05) is 6.92 Å². The van der Waals surface area contributed by atoms with Gasteiger partial charge in [0.05, 0.1) is 6.20 Å². The SMILES string of the molecule is CCCN(CC(F)(F)F)S(=O)(=O)c1cnc(C)[nH]1. The third-order valence-electron chi connectivity index (χ3n) is 2.13. The van der Waals surface area contributed by atoms with Gasteiger partial charge in [0.2, 0.25) is 0 Å². The predicted octanol–water partition coefficient (Wildman–Crippen LogP) is 1.68. The highest BCUT2D eigenvalue weighted by Crippen LogP contribution is 2.22. The Labute approximate surface area is 103 Å². The standard InChI is InChI=1S/C9H14F3N3O2S/c1-3-4-15(6-9(10,11)12)18(16,17)8-5-13-7(2)14-8/h5H,3-4,6H2,1-2H3,(H,13,14). The van der Waals surface area contributed by atoms with Crippen molar-refractivity contribution in [2.24, 2.45) is 0 Å². The van der Waals surface area contributed by atoms with Crippen molar-refractivity contribution in [2.45, 2.75) is 31.5 Å². The lowest BCUT2D eigenvalue weighted by atomic mass is 10.5. The minimum Gasteiger partial charge on any atom is -0.332 e. The maximum Gasteiger partial charge on any atom is 0.402 e. The third-order valence-corrected chi connectivity index (χ3v) is 3.88. The molecule has 0 aromatic carbocycles. The zero-order chi connectivity index (χ0) is 14.0. The summed E-state index contributed by atoms with van der Waals surface area (Å²) < 4.78 is 61.4. The van der Waals surface area contributed by atoms with Gasteiger partial charge in [0.15, 0.2) is 5.03 Å². The fraction of sp³-hybridized carbons (Fsp3) is 0.667. The highest BCUT2D eigenvalue weighted by molar-refractivity contribution is 7.89. The van der Waals surface area contributed by atoms with E-state index in [2.05, 4.69) is 9.97 Å². The Kier molecular flexibility index (Phi) is 4.38. The van der Waals surface area contributed by atoms with Crippen molar-refractivity contribution in [2.75, 3.05) is 13.1 Å². The average Bonchev–Trinajstić information content (AvgIpc) is 2.63. The minimum atomic E-state index is -4.57. The first kappa shape index (κ1) is 15.0. The average molecular weight is 285 g/mol. The number of hydrogen-bond acceptors (Lipinski definition) is 3. The number of H-pyrrole nitrogens is 1. The van der Waals surface area contributed by atoms with E-state index in [1.807, 2.05) is 0 Å². The van der Waals surface area contributed by atoms with Crippen molar-refractivity contribution >= 4 is 10.0 Å². The zero-order valence-electron chi connectivity index (χ0n) is 9.95. The molecule has 0 spiro atoms. The molecule has 0 saturated carbocycles. The molecule has 9 heteroatoms. The molecule has 1 N–H and O–H groups in total. The van der Waals surface area contributed by atoms with Crippen LogP contribution in [0.1, 0.15) is 19.2 Å². The normalized spacial score (nSPS) is 13.2. The minimum absolute atomic E-state index is 0.195. The van der Waals surface area contributed by atoms with Gasteiger partial charge in [-0.3, -0.25) is 0 Å². The van der Waals surface area contributed by atoms with Crippen LogP contribution in [0.25, 0.3) is 0 Å². The number of aromatic amines is 1. The van der Waals surface area contributed by atoms with Gasteiger partial charge in [0.1, 0.15) is 12.4 Å². The second-order valence-corrected chi connectivity index (χ2v) is 5.69. The second kappa shape index (κ2) is 5.27. The maximum absolute atomic E-state index is 12.3. The number of alkyl halides is 3. The fourth-order valence-corrected chi connectivity index (χ4v) is 2.88. The molecule has 0 fully saturated rings. The summed E-state index contributed by atoms with van der Waals surface area (Å²) in [5, 5.41) is -0.322. The number of sulfonamides is 1. The molecule has 0 bridgehead atoms. The zero-order valence-corrected chi connectivity index (χ0v) is 10.8. The van der Waals surface area contributed by atoms with Gasteiger partial charge in [-0.25, -0.2) is 13.4 Å². The van der Waals surface area contributed by atoms with Crippen LogP contribution in [-0.2, 0) is 10.0 Å². The van der Waals surface area contributed by atoms with Crippen LogP contribution in [0.3, 0.4) is 0 Å². The van der Waals surface area contributed by atoms with E-state index in [4.69, 9.17) is 0 Å². The Morgan fingerprint density at radius 2 is 2.06 bits per heavy atom. The molecule has 1 rings (SSSR count). The van der Waals surface area contributed by atoms with Crippen molar-refractivity contribution in [1.29, 1.82) is 0 Å². The quantitative estimate of drug-likeness (QED) is 0.895. The van der Waals surface area contributed by atoms with E-state index >= 15 is 0 Å². The van der Waals surface area contributed by atoms with E-state index in [9.17, 15) is 21.6 Å². The summed E-state index contributed by atoms with van der Waals surface area (Å²) in [7, 11) is -4.18. The smallest absolute Gasteiger partial charge is 0.332 e. The van der Waals surface area contributed by atoms with E-state index in [-0.39, 0.29) is 11.6 Å². The maximum atomic E-state index is 12.3. The van der Waals surface area contributed by atoms with Gasteiger partial charge in [0.25, 0.3) is 10.0 Å². The van der Waals surface area contributed by atoms with Crippen molar-refractivity contribution < 1.29 is 21.6 Å². The van der Waals surface area contributed by atoms with E-state index in [0.717, 1.165) is 6.20 Å². The van der Waals surface area contributed by atoms with Crippen molar-refractivity contribution in [3.63, 3.8) is 0 Å². The number of aryl methyl sites for hydroxylation is 1. The summed E-state index contributed by atoms with van der Waals surface area (Å²) >= 11 is 0. The Hall–Kier alpha value is -1.09. The first-order chi connectivity index (χ1) is 8.16. The van der Waals surface area contributed by atoms with Crippen LogP contribution >= 0.6 is 0 Å². The summed E-state index contributed by atoms with van der Waals surface area (Å²) in [6, 6.07) is 0. The molecule has 18 heavy (non-hydrogen) atoms. The molecule has 1 aromatic heterocycles. The number of nitrogens with zero attached hydrogens (tertiary/aromatic N) is 2. The van der Waals surface area contributed by atoms with Gasteiger partial charge in [-0.05, 0) is 13.3 Å². The summed E-state index contributed by atoms with van der Waals surface area (Å²) in [5.41, 5.74) is 0. The monoisotopic (exact) mass is 285 g/mol. The lowest BCUT2D eigenvalue weighted by molar-refractivity contribution is -0.136. The molecule has 0 aliphatic rings. The Morgan fingerprint density at radius 3 is 2.44 bits per heavy atom. The van der Waals surface area contributed by atoms with Crippen LogP contribution in [0, 0.1) is 6.92 Å². The second-order valence-electron chi connectivity index (χ2n) is 3.79. The molecule has 0 radical (unpaired) electrons. The first-order valence-corrected chi connectivity index (χ1v) is 6.69. The molecular formula is C9H14F3N3O2S. The number of nitrogens with one attached hydrogen (secondary N) is 1. The summed E-state index contributed by atoms with van der Waals surface area (Å²) in [5.74, 6) is 0.331. The fourth-order valence-electron chi connectivity index (χ4n) is 1.40. The molecular weight excluding hydrogens is 271 g/mol. The Balaban J connectivity index is 3.04. The molecule has 1 heterocycles. The number of hydrogen-bond donors (Lipinski definition) is 1. The number of rotatable bonds is 5. The number of halogens is 3. The molecule has 0 unspecified atom stereocenters. The van der Waals surface area contributed by atoms with Crippen LogP contribution in [-0.4, -0.2) is 42.0 Å². The van der Waals surface area contributed by atoms with Gasteiger partial charge in [0, 0.05) is 6.54 Å². The highest BCUT2D eigenvalue weighted by atomic mass is 32.2. The topological polar surface area (TPSA) is 66.1 Å². The van der Waals surface area contributed by atoms with E-state index in [1.54, 1.807) is 6.92 Å². The van der Waals surface area contributed by atoms with Crippen molar-refractivity contribution in [3.05, 3.63) is 12.0 Å². The largest absolute Gasteiger partial charge is 0.402 e. The van der Waals surface area contributed by atoms with Crippen LogP contribution in [0.4, 0.5) is 13.2 Å². The number of aromatic nitrogens is 2. The predicted molar refractivity (Wildman–Crippen MR) is 58.4 cm³/mol. The van der Waals surface area contributed by atoms with Gasteiger partial charge < -0.3 is 4.98 Å². The van der Waals surface area contributed by atoms with E-state index in [1.165, 1.54) is 6.92 Å². The summed E-state index contributed by atoms with van der Waals surface area (Å²) in [4.78, 5) is 6.11. The van der Waals surface area contributed by atoms with Crippen LogP contribution < -0.4 is 0 Å². The number of imidazole rings is 1. The molecule has 104 valence electrons. The lowest BCUT2D eigenvalue weighted by Gasteiger charge is -2.21. The van der Waals surface area contributed by atoms with Crippen LogP contribution in [0.2, 0.25) is 0 Å². The molecule has 0 aliphatic carbocycles. The molecule has 0 saturated heterocycles. The summed E-state index contributed by atoms with van der Waals surface area (Å²) in [6.07, 6.45) is -3.26. The van der Waals surface area contributed by atoms with Gasteiger partial charge in [-0.2, -0.15) is 17.5 Å². The first-order valence-electron chi connectivity index (χ1n) is 5.25. The van der Waals surface area contributed by atoms with Crippen LogP contribution in [0.15, 0.2) is 11.2 Å². The molecule has 5 nitrogen and oxygen atoms in total. The van der Waals surface area contributed by atoms with E-state index in [0.29, 0.717) is 16.6 Å². The molecule has 1 aromatic rings. The molecule has 0 aliphatic heterocycles. The van der Waals surface area contributed by atoms with Gasteiger partial charge >= 0.3 is 6.18 Å². The molecule has 0 amide bonds.